The van der Waals surface area contributed by atoms with E-state index in [4.69, 9.17) is 9.47 Å². The van der Waals surface area contributed by atoms with Gasteiger partial charge in [-0.3, -0.25) is 9.98 Å². The molecule has 0 radical (unpaired) electrons. The number of aliphatic imine (C=N–C) groups is 1. The van der Waals surface area contributed by atoms with E-state index in [0.717, 1.165) is 70.7 Å². The Balaban J connectivity index is 1.58. The van der Waals surface area contributed by atoms with Crippen molar-refractivity contribution < 1.29 is 9.47 Å². The Labute approximate surface area is 188 Å². The minimum atomic E-state index is 0.652. The summed E-state index contributed by atoms with van der Waals surface area (Å²) in [6.45, 7) is 8.17. The van der Waals surface area contributed by atoms with Crippen LogP contribution in [0.2, 0.25) is 0 Å². The number of ether oxygens (including phenoxy) is 2. The Hall–Kier alpha value is -3.38. The van der Waals surface area contributed by atoms with Crippen molar-refractivity contribution in [2.45, 2.75) is 20.3 Å². The molecule has 0 unspecified atom stereocenters. The highest BCUT2D eigenvalue weighted by atomic mass is 16.5. The van der Waals surface area contributed by atoms with Crippen molar-refractivity contribution in [3.8, 4) is 17.2 Å². The van der Waals surface area contributed by atoms with E-state index in [1.54, 1.807) is 13.2 Å². The van der Waals surface area contributed by atoms with Gasteiger partial charge in [0.25, 0.3) is 0 Å². The van der Waals surface area contributed by atoms with Gasteiger partial charge in [0.2, 0.25) is 0 Å². The molecule has 0 amide bonds. The maximum atomic E-state index is 6.25. The number of hydrogen-bond acceptors (Lipinski definition) is 5. The molecule has 2 heterocycles. The predicted octanol–water partition coefficient (Wildman–Crippen LogP) is 5.67. The summed E-state index contributed by atoms with van der Waals surface area (Å²) in [4.78, 5) is 14.4. The second-order valence-corrected chi connectivity index (χ2v) is 7.66. The number of nitrogens with one attached hydrogen (secondary N) is 1. The van der Waals surface area contributed by atoms with Gasteiger partial charge >= 0.3 is 0 Å². The lowest BCUT2D eigenvalue weighted by Crippen LogP contribution is -2.25. The van der Waals surface area contributed by atoms with Gasteiger partial charge in [-0.15, -0.1) is 0 Å². The Morgan fingerprint density at radius 3 is 2.75 bits per heavy atom. The molecule has 0 aliphatic rings. The normalized spacial score (nSPS) is 11.8. The molecule has 0 spiro atoms. The summed E-state index contributed by atoms with van der Waals surface area (Å²) in [6, 6.07) is 14.0. The number of rotatable bonds is 10. The SMILES string of the molecule is CCN(CC)CCCOc1cc2nccc(Oc3ccc4[nH]ccc4c3)c2cc1C=NC. The number of pyridine rings is 1. The van der Waals surface area contributed by atoms with Gasteiger partial charge in [-0.25, -0.2) is 0 Å². The van der Waals surface area contributed by atoms with E-state index >= 15 is 0 Å². The van der Waals surface area contributed by atoms with Crippen molar-refractivity contribution in [2.24, 2.45) is 4.99 Å². The first-order valence-electron chi connectivity index (χ1n) is 11.2. The summed E-state index contributed by atoms with van der Waals surface area (Å²) in [5, 5.41) is 2.03. The van der Waals surface area contributed by atoms with Gasteiger partial charge in [-0.2, -0.15) is 0 Å². The topological polar surface area (TPSA) is 62.7 Å². The van der Waals surface area contributed by atoms with E-state index in [-0.39, 0.29) is 0 Å². The molecular weight excluding hydrogens is 400 g/mol. The lowest BCUT2D eigenvalue weighted by atomic mass is 10.1. The zero-order chi connectivity index (χ0) is 22.3. The Bertz CT molecular complexity index is 1210. The quantitative estimate of drug-likeness (QED) is 0.260. The average Bonchev–Trinajstić information content (AvgIpc) is 3.28. The molecule has 2 aromatic carbocycles. The van der Waals surface area contributed by atoms with Crippen molar-refractivity contribution in [3.05, 3.63) is 60.4 Å². The third-order valence-electron chi connectivity index (χ3n) is 5.62. The summed E-state index contributed by atoms with van der Waals surface area (Å²) in [5.41, 5.74) is 2.83. The first kappa shape index (κ1) is 21.8. The molecule has 0 aliphatic heterocycles. The molecule has 32 heavy (non-hydrogen) atoms. The highest BCUT2D eigenvalue weighted by Gasteiger charge is 2.11. The van der Waals surface area contributed by atoms with Crippen LogP contribution in [-0.2, 0) is 0 Å². The van der Waals surface area contributed by atoms with E-state index in [9.17, 15) is 0 Å². The fraction of sp³-hybridized carbons (Fsp3) is 0.308. The minimum Gasteiger partial charge on any atom is -0.493 e. The van der Waals surface area contributed by atoms with Crippen LogP contribution >= 0.6 is 0 Å². The number of aromatic amines is 1. The van der Waals surface area contributed by atoms with Crippen LogP contribution in [0, 0.1) is 0 Å². The van der Waals surface area contributed by atoms with Gasteiger partial charge in [-0.05, 0) is 55.9 Å². The van der Waals surface area contributed by atoms with Crippen LogP contribution in [0.4, 0.5) is 0 Å². The highest BCUT2D eigenvalue weighted by Crippen LogP contribution is 2.33. The molecule has 4 rings (SSSR count). The fourth-order valence-corrected chi connectivity index (χ4v) is 3.85. The monoisotopic (exact) mass is 430 g/mol. The molecule has 0 bridgehead atoms. The number of fused-ring (bicyclic) bond motifs is 2. The second-order valence-electron chi connectivity index (χ2n) is 7.66. The first-order chi connectivity index (χ1) is 15.7. The van der Waals surface area contributed by atoms with Crippen molar-refractivity contribution in [2.75, 3.05) is 33.3 Å². The molecule has 2 aromatic heterocycles. The number of hydrogen-bond donors (Lipinski definition) is 1. The third-order valence-corrected chi connectivity index (χ3v) is 5.62. The summed E-state index contributed by atoms with van der Waals surface area (Å²) in [5.74, 6) is 2.33. The van der Waals surface area contributed by atoms with Gasteiger partial charge in [0.1, 0.15) is 17.2 Å². The zero-order valence-electron chi connectivity index (χ0n) is 19.0. The number of benzene rings is 2. The van der Waals surface area contributed by atoms with E-state index in [1.807, 2.05) is 54.9 Å². The van der Waals surface area contributed by atoms with Crippen molar-refractivity contribution in [1.29, 1.82) is 0 Å². The second kappa shape index (κ2) is 10.3. The summed E-state index contributed by atoms with van der Waals surface area (Å²) < 4.78 is 12.4. The Morgan fingerprint density at radius 1 is 1.06 bits per heavy atom. The maximum absolute atomic E-state index is 6.25. The Kier molecular flexibility index (Phi) is 7.02. The largest absolute Gasteiger partial charge is 0.493 e. The molecule has 0 saturated carbocycles. The van der Waals surface area contributed by atoms with Crippen LogP contribution < -0.4 is 9.47 Å². The van der Waals surface area contributed by atoms with Gasteiger partial charge in [0.15, 0.2) is 0 Å². The van der Waals surface area contributed by atoms with Gasteiger partial charge < -0.3 is 19.4 Å². The number of aromatic nitrogens is 2. The highest BCUT2D eigenvalue weighted by molar-refractivity contribution is 5.95. The summed E-state index contributed by atoms with van der Waals surface area (Å²) >= 11 is 0. The van der Waals surface area contributed by atoms with E-state index in [1.165, 1.54) is 0 Å². The zero-order valence-corrected chi connectivity index (χ0v) is 19.0. The third kappa shape index (κ3) is 4.92. The van der Waals surface area contributed by atoms with Crippen molar-refractivity contribution in [1.82, 2.24) is 14.9 Å². The van der Waals surface area contributed by atoms with E-state index in [2.05, 4.69) is 33.7 Å². The maximum Gasteiger partial charge on any atom is 0.138 e. The summed E-state index contributed by atoms with van der Waals surface area (Å²) in [7, 11) is 1.76. The molecule has 4 aromatic rings. The molecule has 0 saturated heterocycles. The number of nitrogens with zero attached hydrogens (tertiary/aromatic N) is 3. The molecule has 0 aliphatic carbocycles. The standard InChI is InChI=1S/C26H30N4O2/c1-4-30(5-2)13-6-14-31-26-17-24-22(16-20(26)18-27-3)25(10-12-29-24)32-21-7-8-23-19(15-21)9-11-28-23/h7-12,15-18,28H,4-6,13-14H2,1-3H3. The van der Waals surface area contributed by atoms with Crippen LogP contribution in [0.3, 0.4) is 0 Å². The van der Waals surface area contributed by atoms with Crippen LogP contribution in [0.25, 0.3) is 21.8 Å². The molecule has 1 N–H and O–H groups in total. The van der Waals surface area contributed by atoms with Gasteiger partial charge in [0, 0.05) is 60.1 Å². The van der Waals surface area contributed by atoms with Crippen LogP contribution in [-0.4, -0.2) is 54.4 Å². The lowest BCUT2D eigenvalue weighted by Gasteiger charge is -2.18. The minimum absolute atomic E-state index is 0.652. The van der Waals surface area contributed by atoms with Crippen LogP contribution in [0.15, 0.2) is 59.9 Å². The molecule has 0 atom stereocenters. The van der Waals surface area contributed by atoms with Gasteiger partial charge in [0.05, 0.1) is 12.1 Å². The fourth-order valence-electron chi connectivity index (χ4n) is 3.85. The lowest BCUT2D eigenvalue weighted by molar-refractivity contribution is 0.249. The molecule has 6 heteroatoms. The Morgan fingerprint density at radius 2 is 1.94 bits per heavy atom. The van der Waals surface area contributed by atoms with Crippen LogP contribution in [0.1, 0.15) is 25.8 Å². The summed E-state index contributed by atoms with van der Waals surface area (Å²) in [6.07, 6.45) is 6.49. The number of H-pyrrole nitrogens is 1. The average molecular weight is 431 g/mol. The molecule has 6 nitrogen and oxygen atoms in total. The molecular formula is C26H30N4O2. The predicted molar refractivity (Wildman–Crippen MR) is 132 cm³/mol. The molecule has 0 fully saturated rings. The van der Waals surface area contributed by atoms with E-state index in [0.29, 0.717) is 6.61 Å². The van der Waals surface area contributed by atoms with Crippen molar-refractivity contribution in [3.63, 3.8) is 0 Å². The smallest absolute Gasteiger partial charge is 0.138 e. The molecule has 166 valence electrons. The van der Waals surface area contributed by atoms with E-state index < -0.39 is 0 Å². The first-order valence-corrected chi connectivity index (χ1v) is 11.2. The van der Waals surface area contributed by atoms with Gasteiger partial charge in [-0.1, -0.05) is 13.8 Å². The van der Waals surface area contributed by atoms with Crippen molar-refractivity contribution >= 4 is 28.0 Å². The van der Waals surface area contributed by atoms with Crippen LogP contribution in [0.5, 0.6) is 17.2 Å².